The average molecular weight is 340 g/mol. The van der Waals surface area contributed by atoms with Crippen molar-refractivity contribution in [3.8, 4) is 0 Å². The van der Waals surface area contributed by atoms with E-state index >= 15 is 0 Å². The molecule has 1 aliphatic heterocycles. The van der Waals surface area contributed by atoms with Gasteiger partial charge in [-0.2, -0.15) is 0 Å². The van der Waals surface area contributed by atoms with Gasteiger partial charge in [0.25, 0.3) is 0 Å². The molecule has 1 aromatic carbocycles. The Labute approximate surface area is 122 Å². The molecular weight excluding hydrogens is 323 g/mol. The second-order valence-electron chi connectivity index (χ2n) is 4.31. The van der Waals surface area contributed by atoms with E-state index in [1.165, 1.54) is 12.0 Å². The van der Waals surface area contributed by atoms with Gasteiger partial charge in [-0.25, -0.2) is 0 Å². The third kappa shape index (κ3) is 4.11. The van der Waals surface area contributed by atoms with Gasteiger partial charge in [-0.3, -0.25) is 4.90 Å². The Balaban J connectivity index is 0.00000144. The number of halogens is 3. The molecule has 2 nitrogen and oxygen atoms in total. The molecule has 0 aliphatic carbocycles. The Hall–Kier alpha value is 0.200. The zero-order valence-electron chi connectivity index (χ0n) is 9.75. The number of nitrogens with one attached hydrogen (secondary N) is 1. The van der Waals surface area contributed by atoms with Gasteiger partial charge in [0.1, 0.15) is 0 Å². The van der Waals surface area contributed by atoms with Crippen LogP contribution >= 0.6 is 39.9 Å². The van der Waals surface area contributed by atoms with E-state index in [2.05, 4.69) is 45.3 Å². The lowest BCUT2D eigenvalue weighted by atomic mass is 10.1. The van der Waals surface area contributed by atoms with E-state index in [0.717, 1.165) is 29.1 Å². The van der Waals surface area contributed by atoms with E-state index in [9.17, 15) is 0 Å². The molecule has 17 heavy (non-hydrogen) atoms. The summed E-state index contributed by atoms with van der Waals surface area (Å²) in [6, 6.07) is 6.80. The molecule has 2 rings (SSSR count). The quantitative estimate of drug-likeness (QED) is 0.908. The van der Waals surface area contributed by atoms with Gasteiger partial charge < -0.3 is 5.32 Å². The summed E-state index contributed by atoms with van der Waals surface area (Å²) in [5, 5.41) is 4.16. The molecule has 1 aromatic rings. The maximum absolute atomic E-state index is 5.97. The predicted octanol–water partition coefficient (Wildman–Crippen LogP) is 3.32. The Morgan fingerprint density at radius 3 is 2.88 bits per heavy atom. The molecule has 1 N–H and O–H groups in total. The fourth-order valence-corrected chi connectivity index (χ4v) is 2.61. The highest BCUT2D eigenvalue weighted by atomic mass is 79.9. The van der Waals surface area contributed by atoms with Crippen LogP contribution in [0, 0.1) is 0 Å². The molecule has 1 aliphatic rings. The minimum Gasteiger partial charge on any atom is -0.315 e. The van der Waals surface area contributed by atoms with Crippen molar-refractivity contribution >= 4 is 39.9 Å². The summed E-state index contributed by atoms with van der Waals surface area (Å²) in [5.74, 6) is 0. The SMILES string of the molecule is CN(Cc1ccc(Cl)c(Br)c1)C1CCNC1.Cl. The molecule has 1 fully saturated rings. The first kappa shape index (κ1) is 15.3. The second-order valence-corrected chi connectivity index (χ2v) is 5.57. The Kier molecular flexibility index (Phi) is 6.24. The summed E-state index contributed by atoms with van der Waals surface area (Å²) in [5.41, 5.74) is 1.30. The minimum absolute atomic E-state index is 0. The van der Waals surface area contributed by atoms with E-state index in [0.29, 0.717) is 6.04 Å². The van der Waals surface area contributed by atoms with Crippen LogP contribution in [-0.2, 0) is 6.54 Å². The molecule has 1 atom stereocenters. The zero-order chi connectivity index (χ0) is 11.5. The van der Waals surface area contributed by atoms with Crippen LogP contribution in [0.5, 0.6) is 0 Å². The second kappa shape index (κ2) is 6.95. The van der Waals surface area contributed by atoms with Gasteiger partial charge in [0.2, 0.25) is 0 Å². The van der Waals surface area contributed by atoms with Crippen molar-refractivity contribution in [1.82, 2.24) is 10.2 Å². The molecule has 0 bridgehead atoms. The average Bonchev–Trinajstić information content (AvgIpc) is 2.77. The first-order valence-corrected chi connectivity index (χ1v) is 6.69. The topological polar surface area (TPSA) is 15.3 Å². The standard InChI is InChI=1S/C12H16BrClN2.ClH/c1-16(10-4-5-15-7-10)8-9-2-3-12(14)11(13)6-9;/h2-3,6,10,15H,4-5,7-8H2,1H3;1H. The number of benzene rings is 1. The van der Waals surface area contributed by atoms with Crippen molar-refractivity contribution in [2.24, 2.45) is 0 Å². The highest BCUT2D eigenvalue weighted by Crippen LogP contribution is 2.24. The summed E-state index contributed by atoms with van der Waals surface area (Å²) in [6.07, 6.45) is 1.24. The largest absolute Gasteiger partial charge is 0.315 e. The van der Waals surface area contributed by atoms with Crippen LogP contribution in [0.25, 0.3) is 0 Å². The fraction of sp³-hybridized carbons (Fsp3) is 0.500. The van der Waals surface area contributed by atoms with Gasteiger partial charge in [-0.05, 0) is 53.6 Å². The lowest BCUT2D eigenvalue weighted by Crippen LogP contribution is -2.32. The summed E-state index contributed by atoms with van der Waals surface area (Å²) in [7, 11) is 2.18. The number of rotatable bonds is 3. The first-order chi connectivity index (χ1) is 7.66. The Morgan fingerprint density at radius 1 is 1.53 bits per heavy atom. The van der Waals surface area contributed by atoms with E-state index < -0.39 is 0 Å². The number of nitrogens with zero attached hydrogens (tertiary/aromatic N) is 1. The molecular formula is C12H17BrCl2N2. The van der Waals surface area contributed by atoms with E-state index in [4.69, 9.17) is 11.6 Å². The van der Waals surface area contributed by atoms with Crippen LogP contribution in [0.1, 0.15) is 12.0 Å². The lowest BCUT2D eigenvalue weighted by Gasteiger charge is -2.23. The fourth-order valence-electron chi connectivity index (χ4n) is 2.07. The highest BCUT2D eigenvalue weighted by molar-refractivity contribution is 9.10. The Morgan fingerprint density at radius 2 is 2.29 bits per heavy atom. The van der Waals surface area contributed by atoms with Gasteiger partial charge in [0, 0.05) is 23.6 Å². The van der Waals surface area contributed by atoms with Crippen LogP contribution in [0.15, 0.2) is 22.7 Å². The van der Waals surface area contributed by atoms with E-state index in [1.54, 1.807) is 0 Å². The zero-order valence-corrected chi connectivity index (χ0v) is 12.9. The van der Waals surface area contributed by atoms with Gasteiger partial charge in [0.15, 0.2) is 0 Å². The predicted molar refractivity (Wildman–Crippen MR) is 79.1 cm³/mol. The van der Waals surface area contributed by atoms with Gasteiger partial charge >= 0.3 is 0 Å². The van der Waals surface area contributed by atoms with Crippen LogP contribution in [0.2, 0.25) is 5.02 Å². The number of likely N-dealkylation sites (N-methyl/N-ethyl adjacent to an activating group) is 1. The molecule has 96 valence electrons. The summed E-state index contributed by atoms with van der Waals surface area (Å²) >= 11 is 9.43. The van der Waals surface area contributed by atoms with Crippen molar-refractivity contribution in [2.75, 3.05) is 20.1 Å². The summed E-state index contributed by atoms with van der Waals surface area (Å²) in [4.78, 5) is 2.40. The van der Waals surface area contributed by atoms with Gasteiger partial charge in [-0.1, -0.05) is 17.7 Å². The monoisotopic (exact) mass is 338 g/mol. The van der Waals surface area contributed by atoms with Crippen molar-refractivity contribution < 1.29 is 0 Å². The first-order valence-electron chi connectivity index (χ1n) is 5.51. The van der Waals surface area contributed by atoms with Crippen molar-refractivity contribution in [3.63, 3.8) is 0 Å². The highest BCUT2D eigenvalue weighted by Gasteiger charge is 2.18. The van der Waals surface area contributed by atoms with E-state index in [1.807, 2.05) is 6.07 Å². The molecule has 0 radical (unpaired) electrons. The van der Waals surface area contributed by atoms with E-state index in [-0.39, 0.29) is 12.4 Å². The molecule has 0 saturated carbocycles. The molecule has 1 heterocycles. The molecule has 1 saturated heterocycles. The maximum Gasteiger partial charge on any atom is 0.0548 e. The molecule has 0 aromatic heterocycles. The summed E-state index contributed by atoms with van der Waals surface area (Å²) < 4.78 is 0.976. The van der Waals surface area contributed by atoms with Crippen LogP contribution in [0.3, 0.4) is 0 Å². The molecule has 5 heteroatoms. The lowest BCUT2D eigenvalue weighted by molar-refractivity contribution is 0.249. The smallest absolute Gasteiger partial charge is 0.0548 e. The molecule has 0 amide bonds. The normalized spacial score (nSPS) is 19.4. The Bertz CT molecular complexity index is 368. The van der Waals surface area contributed by atoms with Crippen molar-refractivity contribution in [3.05, 3.63) is 33.3 Å². The number of hydrogen-bond acceptors (Lipinski definition) is 2. The van der Waals surface area contributed by atoms with Crippen LogP contribution in [-0.4, -0.2) is 31.1 Å². The van der Waals surface area contributed by atoms with Crippen LogP contribution < -0.4 is 5.32 Å². The van der Waals surface area contributed by atoms with Crippen molar-refractivity contribution in [2.45, 2.75) is 19.0 Å². The van der Waals surface area contributed by atoms with Gasteiger partial charge in [0.05, 0.1) is 5.02 Å². The molecule has 0 spiro atoms. The number of hydrogen-bond donors (Lipinski definition) is 1. The molecule has 1 unspecified atom stereocenters. The maximum atomic E-state index is 5.97. The van der Waals surface area contributed by atoms with Crippen molar-refractivity contribution in [1.29, 1.82) is 0 Å². The minimum atomic E-state index is 0. The van der Waals surface area contributed by atoms with Gasteiger partial charge in [-0.15, -0.1) is 12.4 Å². The summed E-state index contributed by atoms with van der Waals surface area (Å²) in [6.45, 7) is 3.21. The van der Waals surface area contributed by atoms with Crippen LogP contribution in [0.4, 0.5) is 0 Å². The third-order valence-corrected chi connectivity index (χ3v) is 4.29. The third-order valence-electron chi connectivity index (χ3n) is 3.07.